The second-order valence-corrected chi connectivity index (χ2v) is 7.79. The van der Waals surface area contributed by atoms with E-state index in [0.29, 0.717) is 23.8 Å². The number of hydrogen-bond donors (Lipinski definition) is 1. The number of pyridine rings is 1. The number of nitriles is 1. The molecule has 1 aromatic carbocycles. The fourth-order valence-corrected chi connectivity index (χ4v) is 3.70. The average molecular weight is 460 g/mol. The van der Waals surface area contributed by atoms with E-state index in [1.165, 1.54) is 17.6 Å². The van der Waals surface area contributed by atoms with Gasteiger partial charge in [-0.3, -0.25) is 14.0 Å². The summed E-state index contributed by atoms with van der Waals surface area (Å²) >= 11 is 0. The topological polar surface area (TPSA) is 115 Å². The molecule has 1 aliphatic heterocycles. The van der Waals surface area contributed by atoms with Crippen molar-refractivity contribution in [1.29, 1.82) is 5.26 Å². The van der Waals surface area contributed by atoms with Crippen LogP contribution in [0.1, 0.15) is 24.0 Å². The Morgan fingerprint density at radius 1 is 1.32 bits per heavy atom. The van der Waals surface area contributed by atoms with Crippen molar-refractivity contribution in [2.24, 2.45) is 0 Å². The number of nitrogens with one attached hydrogen (secondary N) is 1. The van der Waals surface area contributed by atoms with Gasteiger partial charge in [-0.05, 0) is 49.6 Å². The average Bonchev–Trinajstić information content (AvgIpc) is 3.37. The van der Waals surface area contributed by atoms with E-state index in [0.717, 1.165) is 18.4 Å². The van der Waals surface area contributed by atoms with Crippen molar-refractivity contribution in [2.45, 2.75) is 25.9 Å². The van der Waals surface area contributed by atoms with Crippen LogP contribution in [-0.2, 0) is 9.53 Å². The number of rotatable bonds is 7. The van der Waals surface area contributed by atoms with Crippen molar-refractivity contribution in [2.75, 3.05) is 20.3 Å². The number of benzene rings is 1. The molecule has 3 heterocycles. The molecule has 0 bridgehead atoms. The maximum absolute atomic E-state index is 13.4. The zero-order valence-electron chi connectivity index (χ0n) is 18.9. The summed E-state index contributed by atoms with van der Waals surface area (Å²) in [4.78, 5) is 30.6. The third kappa shape index (κ3) is 4.77. The predicted octanol–water partition coefficient (Wildman–Crippen LogP) is 3.01. The molecule has 1 saturated heterocycles. The lowest BCUT2D eigenvalue weighted by Crippen LogP contribution is -2.32. The number of para-hydroxylation sites is 2. The molecule has 0 aliphatic carbocycles. The molecule has 0 spiro atoms. The second kappa shape index (κ2) is 10.2. The highest BCUT2D eigenvalue weighted by molar-refractivity contribution is 6.01. The summed E-state index contributed by atoms with van der Waals surface area (Å²) in [6.07, 6.45) is 4.48. The van der Waals surface area contributed by atoms with Gasteiger partial charge in [0.1, 0.15) is 22.9 Å². The number of fused-ring (bicyclic) bond motifs is 1. The second-order valence-electron chi connectivity index (χ2n) is 7.79. The van der Waals surface area contributed by atoms with Crippen LogP contribution in [0.15, 0.2) is 53.0 Å². The minimum atomic E-state index is -0.602. The fourth-order valence-electron chi connectivity index (χ4n) is 3.70. The van der Waals surface area contributed by atoms with Crippen LogP contribution in [0, 0.1) is 18.3 Å². The third-order valence-electron chi connectivity index (χ3n) is 5.49. The molecule has 0 unspecified atom stereocenters. The zero-order valence-corrected chi connectivity index (χ0v) is 18.9. The molecule has 4 rings (SSSR count). The minimum absolute atomic E-state index is 0.0298. The number of carbonyl (C=O) groups excluding carboxylic acids is 1. The van der Waals surface area contributed by atoms with Gasteiger partial charge in [-0.15, -0.1) is 0 Å². The molecule has 1 aliphatic rings. The molecule has 3 aromatic rings. The van der Waals surface area contributed by atoms with Crippen molar-refractivity contribution >= 4 is 17.6 Å². The molecular formula is C25H24N4O5. The number of ether oxygens (including phenoxy) is 3. The van der Waals surface area contributed by atoms with Gasteiger partial charge in [-0.1, -0.05) is 18.2 Å². The first-order valence-corrected chi connectivity index (χ1v) is 10.9. The molecule has 2 aromatic heterocycles. The van der Waals surface area contributed by atoms with E-state index in [1.54, 1.807) is 36.5 Å². The van der Waals surface area contributed by atoms with E-state index < -0.39 is 11.5 Å². The Labute approximate surface area is 196 Å². The van der Waals surface area contributed by atoms with Gasteiger partial charge in [0.25, 0.3) is 11.5 Å². The lowest BCUT2D eigenvalue weighted by molar-refractivity contribution is -0.117. The maximum Gasteiger partial charge on any atom is 0.269 e. The Balaban J connectivity index is 1.78. The molecule has 1 N–H and O–H groups in total. The maximum atomic E-state index is 13.4. The Hall–Kier alpha value is -4.16. The van der Waals surface area contributed by atoms with Crippen molar-refractivity contribution in [1.82, 2.24) is 14.7 Å². The molecule has 0 saturated carbocycles. The van der Waals surface area contributed by atoms with Crippen molar-refractivity contribution in [3.05, 3.63) is 69.6 Å². The summed E-state index contributed by atoms with van der Waals surface area (Å²) in [5, 5.41) is 12.4. The van der Waals surface area contributed by atoms with Gasteiger partial charge in [-0.2, -0.15) is 10.2 Å². The third-order valence-corrected chi connectivity index (χ3v) is 5.49. The van der Waals surface area contributed by atoms with Crippen LogP contribution in [-0.4, -0.2) is 41.7 Å². The van der Waals surface area contributed by atoms with Gasteiger partial charge in [0, 0.05) is 19.3 Å². The summed E-state index contributed by atoms with van der Waals surface area (Å²) in [5.41, 5.74) is 0.413. The fraction of sp³-hybridized carbons (Fsp3) is 0.280. The van der Waals surface area contributed by atoms with Crippen LogP contribution in [0.3, 0.4) is 0 Å². The van der Waals surface area contributed by atoms with Crippen molar-refractivity contribution < 1.29 is 19.0 Å². The predicted molar refractivity (Wildman–Crippen MR) is 125 cm³/mol. The molecule has 9 nitrogen and oxygen atoms in total. The first-order valence-electron chi connectivity index (χ1n) is 10.9. The lowest BCUT2D eigenvalue weighted by Gasteiger charge is -2.13. The first kappa shape index (κ1) is 23.0. The number of nitrogens with zero attached hydrogens (tertiary/aromatic N) is 3. The molecule has 0 radical (unpaired) electrons. The van der Waals surface area contributed by atoms with Gasteiger partial charge in [0.2, 0.25) is 5.88 Å². The molecule has 1 atom stereocenters. The first-order chi connectivity index (χ1) is 16.5. The number of aromatic nitrogens is 2. The Kier molecular flexibility index (Phi) is 6.90. The summed E-state index contributed by atoms with van der Waals surface area (Å²) < 4.78 is 18.2. The van der Waals surface area contributed by atoms with E-state index >= 15 is 0 Å². The van der Waals surface area contributed by atoms with Crippen LogP contribution in [0.5, 0.6) is 17.4 Å². The van der Waals surface area contributed by atoms with Crippen LogP contribution >= 0.6 is 0 Å². The number of aryl methyl sites for hydroxylation is 1. The van der Waals surface area contributed by atoms with Gasteiger partial charge in [0.05, 0.1) is 13.2 Å². The van der Waals surface area contributed by atoms with E-state index in [1.807, 2.05) is 19.1 Å². The Bertz CT molecular complexity index is 1350. The van der Waals surface area contributed by atoms with E-state index in [9.17, 15) is 14.9 Å². The van der Waals surface area contributed by atoms with E-state index in [4.69, 9.17) is 14.2 Å². The van der Waals surface area contributed by atoms with Gasteiger partial charge in [-0.25, -0.2) is 0 Å². The molecule has 34 heavy (non-hydrogen) atoms. The number of methoxy groups -OCH3 is 1. The largest absolute Gasteiger partial charge is 0.493 e. The summed E-state index contributed by atoms with van der Waals surface area (Å²) in [5.74, 6) is 0.142. The van der Waals surface area contributed by atoms with Crippen molar-refractivity contribution in [3.8, 4) is 23.4 Å². The number of carbonyl (C=O) groups is 1. The smallest absolute Gasteiger partial charge is 0.269 e. The van der Waals surface area contributed by atoms with Crippen LogP contribution < -0.4 is 20.3 Å². The van der Waals surface area contributed by atoms with Crippen LogP contribution in [0.4, 0.5) is 0 Å². The Morgan fingerprint density at radius 2 is 2.12 bits per heavy atom. The normalized spacial score (nSPS) is 15.7. The minimum Gasteiger partial charge on any atom is -0.493 e. The standard InChI is InChI=1S/C25H24N4O5/c1-16-7-5-11-29-22(16)28-24(34-21-10-4-3-9-20(21)32-2)19(25(29)31)13-17(14-26)23(30)27-15-18-8-6-12-33-18/h3-5,7,9-11,13,18H,6,8,12,15H2,1-2H3,(H,27,30)/b17-13+/t18-/m0/s1. The monoisotopic (exact) mass is 460 g/mol. The summed E-state index contributed by atoms with van der Waals surface area (Å²) in [6, 6.07) is 12.3. The van der Waals surface area contributed by atoms with Gasteiger partial charge < -0.3 is 19.5 Å². The quantitative estimate of drug-likeness (QED) is 0.426. The highest BCUT2D eigenvalue weighted by Gasteiger charge is 2.21. The highest BCUT2D eigenvalue weighted by Crippen LogP contribution is 2.32. The molecule has 174 valence electrons. The molecule has 1 fully saturated rings. The van der Waals surface area contributed by atoms with Crippen LogP contribution in [0.25, 0.3) is 11.7 Å². The Morgan fingerprint density at radius 3 is 2.82 bits per heavy atom. The van der Waals surface area contributed by atoms with Crippen LogP contribution in [0.2, 0.25) is 0 Å². The van der Waals surface area contributed by atoms with Gasteiger partial charge in [0.15, 0.2) is 11.5 Å². The molecule has 9 heteroatoms. The molecular weight excluding hydrogens is 436 g/mol. The summed E-state index contributed by atoms with van der Waals surface area (Å²) in [7, 11) is 1.50. The lowest BCUT2D eigenvalue weighted by atomic mass is 10.1. The van der Waals surface area contributed by atoms with E-state index in [2.05, 4.69) is 10.3 Å². The summed E-state index contributed by atoms with van der Waals surface area (Å²) in [6.45, 7) is 2.77. The SMILES string of the molecule is COc1ccccc1Oc1nc2c(C)cccn2c(=O)c1/C=C(\C#N)C(=O)NC[C@@H]1CCCO1. The zero-order chi connectivity index (χ0) is 24.1. The highest BCUT2D eigenvalue weighted by atomic mass is 16.5. The van der Waals surface area contributed by atoms with Crippen molar-refractivity contribution in [3.63, 3.8) is 0 Å². The van der Waals surface area contributed by atoms with E-state index in [-0.39, 0.29) is 29.7 Å². The molecule has 1 amide bonds. The number of amides is 1. The number of hydrogen-bond acceptors (Lipinski definition) is 7. The van der Waals surface area contributed by atoms with Gasteiger partial charge >= 0.3 is 0 Å².